The molecule has 1 N–H and O–H groups in total. The first kappa shape index (κ1) is 39.7. The predicted octanol–water partition coefficient (Wildman–Crippen LogP) is 12.3. The first-order chi connectivity index (χ1) is 20.1. The molecule has 4 heteroatoms. The maximum atomic E-state index is 12.6. The topological polar surface area (TPSA) is 63.6 Å². The first-order valence-electron chi connectivity index (χ1n) is 18.2. The number of ether oxygens (including phenoxy) is 1. The van der Waals surface area contributed by atoms with E-state index in [-0.39, 0.29) is 18.5 Å². The molecule has 0 radical (unpaired) electrons. The van der Waals surface area contributed by atoms with Crippen molar-refractivity contribution in [2.75, 3.05) is 0 Å². The highest BCUT2D eigenvalue weighted by Crippen LogP contribution is 2.16. The second-order valence-corrected chi connectivity index (χ2v) is 12.4. The molecule has 0 saturated carbocycles. The van der Waals surface area contributed by atoms with Crippen LogP contribution >= 0.6 is 0 Å². The number of esters is 1. The molecule has 0 spiro atoms. The van der Waals surface area contributed by atoms with Crippen molar-refractivity contribution in [1.29, 1.82) is 0 Å². The van der Waals surface area contributed by atoms with Gasteiger partial charge in [0.05, 0.1) is 0 Å². The molecule has 0 aliphatic rings. The number of carbonyl (C=O) groups excluding carboxylic acids is 1. The van der Waals surface area contributed by atoms with E-state index in [4.69, 9.17) is 9.84 Å². The van der Waals surface area contributed by atoms with Gasteiger partial charge >= 0.3 is 11.9 Å². The molecule has 0 fully saturated rings. The maximum Gasteiger partial charge on any atom is 0.306 e. The van der Waals surface area contributed by atoms with Crippen LogP contribution in [0.15, 0.2) is 12.2 Å². The second-order valence-electron chi connectivity index (χ2n) is 12.4. The van der Waals surface area contributed by atoms with Crippen molar-refractivity contribution in [3.05, 3.63) is 12.2 Å². The molecule has 0 saturated heterocycles. The van der Waals surface area contributed by atoms with Gasteiger partial charge in [0.25, 0.3) is 0 Å². The van der Waals surface area contributed by atoms with Crippen molar-refractivity contribution in [3.63, 3.8) is 0 Å². The predicted molar refractivity (Wildman–Crippen MR) is 177 cm³/mol. The summed E-state index contributed by atoms with van der Waals surface area (Å²) in [6, 6.07) is 0. The van der Waals surface area contributed by atoms with Crippen molar-refractivity contribution >= 4 is 11.9 Å². The molecule has 0 aliphatic heterocycles. The standard InChI is InChI=1S/C37H70O4/c1-3-5-7-9-11-13-14-15-16-18-20-26-30-34-37(40)41-35(31-27-23-19-17-12-10-8-6-4-2)32-28-24-21-22-25-29-33-36(38)39/h27,31,35H,3-26,28-30,32-34H2,1-2H3,(H,38,39)/b31-27-. The van der Waals surface area contributed by atoms with E-state index in [1.807, 2.05) is 0 Å². The van der Waals surface area contributed by atoms with Gasteiger partial charge in [0.15, 0.2) is 0 Å². The number of carboxylic acids is 1. The minimum absolute atomic E-state index is 0.0349. The molecule has 1 unspecified atom stereocenters. The number of carbonyl (C=O) groups is 2. The zero-order chi connectivity index (χ0) is 30.1. The molecule has 0 heterocycles. The Balaban J connectivity index is 4.08. The summed E-state index contributed by atoms with van der Waals surface area (Å²) in [5, 5.41) is 8.76. The van der Waals surface area contributed by atoms with Gasteiger partial charge in [0.2, 0.25) is 0 Å². The Hall–Kier alpha value is -1.32. The largest absolute Gasteiger partial charge is 0.481 e. The van der Waals surface area contributed by atoms with E-state index in [1.54, 1.807) is 0 Å². The van der Waals surface area contributed by atoms with Gasteiger partial charge in [0.1, 0.15) is 6.10 Å². The summed E-state index contributed by atoms with van der Waals surface area (Å²) in [4.78, 5) is 23.2. The smallest absolute Gasteiger partial charge is 0.306 e. The number of rotatable bonds is 33. The quantitative estimate of drug-likeness (QED) is 0.0478. The molecule has 1 atom stereocenters. The van der Waals surface area contributed by atoms with Crippen LogP contribution in [0.25, 0.3) is 0 Å². The lowest BCUT2D eigenvalue weighted by Crippen LogP contribution is -2.16. The third-order valence-corrected chi connectivity index (χ3v) is 8.22. The highest BCUT2D eigenvalue weighted by Gasteiger charge is 2.11. The van der Waals surface area contributed by atoms with Crippen LogP contribution in [0.3, 0.4) is 0 Å². The minimum Gasteiger partial charge on any atom is -0.481 e. The molecule has 4 nitrogen and oxygen atoms in total. The highest BCUT2D eigenvalue weighted by molar-refractivity contribution is 5.69. The molecule has 0 aliphatic carbocycles. The number of carboxylic acid groups (broad SMARTS) is 1. The van der Waals surface area contributed by atoms with Gasteiger partial charge in [-0.1, -0.05) is 161 Å². The highest BCUT2D eigenvalue weighted by atomic mass is 16.5. The van der Waals surface area contributed by atoms with Crippen LogP contribution in [0.1, 0.15) is 206 Å². The summed E-state index contributed by atoms with van der Waals surface area (Å²) in [5.41, 5.74) is 0. The van der Waals surface area contributed by atoms with Gasteiger partial charge in [-0.2, -0.15) is 0 Å². The molecule has 0 amide bonds. The SMILES string of the molecule is CCCCCCCCC/C=C\C(CCCCCCCCC(=O)O)OC(=O)CCCCCCCCCCCCCCC. The van der Waals surface area contributed by atoms with Crippen LogP contribution in [-0.4, -0.2) is 23.1 Å². The maximum absolute atomic E-state index is 12.6. The van der Waals surface area contributed by atoms with Gasteiger partial charge in [-0.15, -0.1) is 0 Å². The Morgan fingerprint density at radius 2 is 0.927 bits per heavy atom. The second kappa shape index (κ2) is 33.2. The van der Waals surface area contributed by atoms with E-state index in [0.29, 0.717) is 6.42 Å². The molecule has 0 aromatic heterocycles. The lowest BCUT2D eigenvalue weighted by atomic mass is 10.0. The van der Waals surface area contributed by atoms with Gasteiger partial charge in [-0.25, -0.2) is 0 Å². The molecule has 0 rings (SSSR count). The third kappa shape index (κ3) is 33.1. The average Bonchev–Trinajstić information content (AvgIpc) is 2.95. The molecule has 0 aromatic rings. The van der Waals surface area contributed by atoms with E-state index < -0.39 is 5.97 Å². The molecule has 0 aromatic carbocycles. The monoisotopic (exact) mass is 579 g/mol. The lowest BCUT2D eigenvalue weighted by Gasteiger charge is -2.15. The Kier molecular flexibility index (Phi) is 32.1. The fourth-order valence-corrected chi connectivity index (χ4v) is 5.51. The third-order valence-electron chi connectivity index (χ3n) is 8.22. The van der Waals surface area contributed by atoms with Crippen LogP contribution in [0, 0.1) is 0 Å². The molecule has 242 valence electrons. The van der Waals surface area contributed by atoms with Crippen LogP contribution in [0.4, 0.5) is 0 Å². The van der Waals surface area contributed by atoms with Crippen LogP contribution in [0.2, 0.25) is 0 Å². The van der Waals surface area contributed by atoms with Crippen molar-refractivity contribution < 1.29 is 19.4 Å². The average molecular weight is 579 g/mol. The Labute approximate surface area is 255 Å². The summed E-state index contributed by atoms with van der Waals surface area (Å²) in [6.07, 6.45) is 39.5. The van der Waals surface area contributed by atoms with Gasteiger partial charge in [-0.05, 0) is 44.6 Å². The summed E-state index contributed by atoms with van der Waals surface area (Å²) in [6.45, 7) is 4.53. The van der Waals surface area contributed by atoms with Crippen molar-refractivity contribution in [2.24, 2.45) is 0 Å². The summed E-state index contributed by atoms with van der Waals surface area (Å²) < 4.78 is 5.91. The van der Waals surface area contributed by atoms with E-state index >= 15 is 0 Å². The fraction of sp³-hybridized carbons (Fsp3) is 0.892. The van der Waals surface area contributed by atoms with E-state index in [2.05, 4.69) is 26.0 Å². The number of allylic oxidation sites excluding steroid dienone is 1. The minimum atomic E-state index is -0.697. The van der Waals surface area contributed by atoms with Crippen LogP contribution in [0.5, 0.6) is 0 Å². The summed E-state index contributed by atoms with van der Waals surface area (Å²) >= 11 is 0. The van der Waals surface area contributed by atoms with Crippen molar-refractivity contribution in [3.8, 4) is 0 Å². The van der Waals surface area contributed by atoms with E-state index in [9.17, 15) is 9.59 Å². The number of hydrogen-bond donors (Lipinski definition) is 1. The van der Waals surface area contributed by atoms with E-state index in [0.717, 1.165) is 64.2 Å². The van der Waals surface area contributed by atoms with Crippen molar-refractivity contribution in [1.82, 2.24) is 0 Å². The Morgan fingerprint density at radius 3 is 1.39 bits per heavy atom. The summed E-state index contributed by atoms with van der Waals surface area (Å²) in [5.74, 6) is -0.732. The molecule has 0 bridgehead atoms. The van der Waals surface area contributed by atoms with Crippen molar-refractivity contribution in [2.45, 2.75) is 213 Å². The zero-order valence-electron chi connectivity index (χ0n) is 27.6. The molecular weight excluding hydrogens is 508 g/mol. The molecular formula is C37H70O4. The summed E-state index contributed by atoms with van der Waals surface area (Å²) in [7, 11) is 0. The first-order valence-corrected chi connectivity index (χ1v) is 18.2. The van der Waals surface area contributed by atoms with Crippen LogP contribution in [-0.2, 0) is 14.3 Å². The van der Waals surface area contributed by atoms with Gasteiger partial charge in [0, 0.05) is 12.8 Å². The van der Waals surface area contributed by atoms with Gasteiger partial charge < -0.3 is 9.84 Å². The fourth-order valence-electron chi connectivity index (χ4n) is 5.51. The number of unbranched alkanes of at least 4 members (excludes halogenated alkanes) is 24. The lowest BCUT2D eigenvalue weighted by molar-refractivity contribution is -0.147. The number of hydrogen-bond acceptors (Lipinski definition) is 3. The Bertz CT molecular complexity index is 585. The van der Waals surface area contributed by atoms with Gasteiger partial charge in [-0.3, -0.25) is 9.59 Å². The molecule has 41 heavy (non-hydrogen) atoms. The van der Waals surface area contributed by atoms with Crippen LogP contribution < -0.4 is 0 Å². The Morgan fingerprint density at radius 1 is 0.537 bits per heavy atom. The number of aliphatic carboxylic acids is 1. The zero-order valence-corrected chi connectivity index (χ0v) is 27.6. The van der Waals surface area contributed by atoms with E-state index in [1.165, 1.54) is 116 Å². The normalized spacial score (nSPS) is 12.2.